The van der Waals surface area contributed by atoms with E-state index in [-0.39, 0.29) is 11.0 Å². The SMILES string of the molecule is O=S(=O)(Oc1cc2nsnc2cc1OS(=O)(=O)C(F)(F)F)C(F)(F)F. The summed E-state index contributed by atoms with van der Waals surface area (Å²) in [6, 6.07) is 0.868. The fourth-order valence-corrected chi connectivity index (χ4v) is 2.69. The van der Waals surface area contributed by atoms with Crippen molar-refractivity contribution in [3.05, 3.63) is 12.1 Å². The van der Waals surface area contributed by atoms with E-state index in [1.54, 1.807) is 0 Å². The lowest BCUT2D eigenvalue weighted by atomic mass is 10.3. The quantitative estimate of drug-likeness (QED) is 0.410. The summed E-state index contributed by atoms with van der Waals surface area (Å²) in [6.45, 7) is 0. The minimum atomic E-state index is -6.32. The molecule has 0 N–H and O–H groups in total. The summed E-state index contributed by atoms with van der Waals surface area (Å²) >= 11 is 0.463. The Morgan fingerprint density at radius 1 is 0.760 bits per heavy atom. The molecule has 0 spiro atoms. The molecular weight excluding hydrogens is 430 g/mol. The first-order valence-electron chi connectivity index (χ1n) is 5.42. The van der Waals surface area contributed by atoms with Gasteiger partial charge in [-0.05, 0) is 0 Å². The molecule has 1 aromatic carbocycles. The van der Waals surface area contributed by atoms with Gasteiger partial charge in [-0.1, -0.05) is 0 Å². The molecule has 0 aliphatic heterocycles. The zero-order chi connectivity index (χ0) is 19.3. The Hall–Kier alpha value is -1.88. The van der Waals surface area contributed by atoms with Crippen molar-refractivity contribution < 1.29 is 51.5 Å². The predicted molar refractivity (Wildman–Crippen MR) is 68.6 cm³/mol. The maximum Gasteiger partial charge on any atom is 0.534 e. The van der Waals surface area contributed by atoms with E-state index in [4.69, 9.17) is 0 Å². The molecule has 0 radical (unpaired) electrons. The van der Waals surface area contributed by atoms with Crippen molar-refractivity contribution in [3.63, 3.8) is 0 Å². The number of hydrogen-bond acceptors (Lipinski definition) is 9. The van der Waals surface area contributed by atoms with Gasteiger partial charge in [0.1, 0.15) is 11.0 Å². The Bertz CT molecular complexity index is 929. The molecule has 0 saturated heterocycles. The van der Waals surface area contributed by atoms with Crippen molar-refractivity contribution in [1.29, 1.82) is 0 Å². The maximum absolute atomic E-state index is 12.4. The van der Waals surface area contributed by atoms with E-state index >= 15 is 0 Å². The Balaban J connectivity index is 2.59. The predicted octanol–water partition coefficient (Wildman–Crippen LogP) is 2.15. The molecule has 17 heteroatoms. The van der Waals surface area contributed by atoms with Crippen LogP contribution in [0, 0.1) is 0 Å². The van der Waals surface area contributed by atoms with E-state index in [0.717, 1.165) is 0 Å². The van der Waals surface area contributed by atoms with Gasteiger partial charge in [-0.25, -0.2) is 0 Å². The van der Waals surface area contributed by atoms with Crippen molar-refractivity contribution in [2.24, 2.45) is 0 Å². The van der Waals surface area contributed by atoms with Crippen LogP contribution in [0.4, 0.5) is 26.3 Å². The summed E-state index contributed by atoms with van der Waals surface area (Å²) < 4.78 is 132. The van der Waals surface area contributed by atoms with E-state index in [9.17, 15) is 43.2 Å². The van der Waals surface area contributed by atoms with Crippen LogP contribution in [0.1, 0.15) is 0 Å². The van der Waals surface area contributed by atoms with Crippen LogP contribution in [0.2, 0.25) is 0 Å². The number of nitrogens with zero attached hydrogens (tertiary/aromatic N) is 2. The second-order valence-corrected chi connectivity index (χ2v) is 7.62. The third-order valence-corrected chi connectivity index (χ3v) is 4.77. The van der Waals surface area contributed by atoms with Crippen molar-refractivity contribution >= 4 is 43.0 Å². The molecule has 0 unspecified atom stereocenters. The molecule has 0 aliphatic rings. The second kappa shape index (κ2) is 5.84. The van der Waals surface area contributed by atoms with Gasteiger partial charge < -0.3 is 8.37 Å². The molecule has 0 atom stereocenters. The van der Waals surface area contributed by atoms with Gasteiger partial charge >= 0.3 is 31.3 Å². The first-order chi connectivity index (χ1) is 11.1. The van der Waals surface area contributed by atoms with Crippen molar-refractivity contribution in [1.82, 2.24) is 8.75 Å². The van der Waals surface area contributed by atoms with E-state index in [2.05, 4.69) is 17.1 Å². The van der Waals surface area contributed by atoms with Gasteiger partial charge in [0, 0.05) is 12.1 Å². The monoisotopic (exact) mass is 432 g/mol. The van der Waals surface area contributed by atoms with Crippen molar-refractivity contribution in [2.75, 3.05) is 0 Å². The fourth-order valence-electron chi connectivity index (χ4n) is 1.25. The van der Waals surface area contributed by atoms with Crippen LogP contribution < -0.4 is 8.37 Å². The van der Waals surface area contributed by atoms with Crippen LogP contribution in [0.3, 0.4) is 0 Å². The Morgan fingerprint density at radius 2 is 1.08 bits per heavy atom. The number of alkyl halides is 6. The van der Waals surface area contributed by atoms with Gasteiger partial charge in [0.05, 0.1) is 11.7 Å². The smallest absolute Gasteiger partial charge is 0.372 e. The van der Waals surface area contributed by atoms with Crippen LogP contribution in [0.15, 0.2) is 12.1 Å². The molecule has 1 aromatic heterocycles. The molecule has 2 aromatic rings. The molecule has 0 saturated carbocycles. The van der Waals surface area contributed by atoms with Gasteiger partial charge in [-0.2, -0.15) is 51.9 Å². The van der Waals surface area contributed by atoms with Crippen molar-refractivity contribution in [2.45, 2.75) is 11.0 Å². The minimum Gasteiger partial charge on any atom is -0.372 e. The highest BCUT2D eigenvalue weighted by Gasteiger charge is 2.51. The van der Waals surface area contributed by atoms with E-state index in [1.807, 2.05) is 0 Å². The maximum atomic E-state index is 12.4. The molecule has 25 heavy (non-hydrogen) atoms. The number of hydrogen-bond donors (Lipinski definition) is 0. The summed E-state index contributed by atoms with van der Waals surface area (Å²) in [5.74, 6) is -2.93. The van der Waals surface area contributed by atoms with Crippen LogP contribution in [0.25, 0.3) is 11.0 Å². The van der Waals surface area contributed by atoms with Gasteiger partial charge in [0.15, 0.2) is 11.5 Å². The third kappa shape index (κ3) is 3.87. The van der Waals surface area contributed by atoms with E-state index in [1.165, 1.54) is 0 Å². The van der Waals surface area contributed by atoms with E-state index in [0.29, 0.717) is 23.9 Å². The number of fused-ring (bicyclic) bond motifs is 1. The standard InChI is InChI=1S/C8H2F6N2O6S3/c9-7(10,11)24(17,18)21-5-1-3-4(16-23-15-3)2-6(5)22-25(19,20)8(12,13)14/h1-2H. The molecule has 0 fully saturated rings. The number of benzene rings is 1. The third-order valence-electron chi connectivity index (χ3n) is 2.29. The average molecular weight is 432 g/mol. The highest BCUT2D eigenvalue weighted by molar-refractivity contribution is 7.88. The van der Waals surface area contributed by atoms with E-state index < -0.39 is 42.8 Å². The highest BCUT2D eigenvalue weighted by Crippen LogP contribution is 2.38. The highest BCUT2D eigenvalue weighted by atomic mass is 32.2. The lowest BCUT2D eigenvalue weighted by molar-refractivity contribution is -0.0513. The lowest BCUT2D eigenvalue weighted by Gasteiger charge is -2.14. The Morgan fingerprint density at radius 3 is 1.36 bits per heavy atom. The van der Waals surface area contributed by atoms with Gasteiger partial charge in [-0.15, -0.1) is 0 Å². The summed E-state index contributed by atoms with van der Waals surface area (Å²) in [7, 11) is -12.6. The van der Waals surface area contributed by atoms with Crippen LogP contribution in [0.5, 0.6) is 11.5 Å². The van der Waals surface area contributed by atoms with Crippen LogP contribution >= 0.6 is 11.7 Å². The van der Waals surface area contributed by atoms with Crippen LogP contribution in [-0.2, 0) is 20.2 Å². The number of halogens is 6. The van der Waals surface area contributed by atoms with Crippen LogP contribution in [-0.4, -0.2) is 36.6 Å². The van der Waals surface area contributed by atoms with Gasteiger partial charge in [0.25, 0.3) is 0 Å². The summed E-state index contributed by atoms with van der Waals surface area (Å²) in [4.78, 5) is 0. The first kappa shape index (κ1) is 19.4. The van der Waals surface area contributed by atoms with Gasteiger partial charge in [0.2, 0.25) is 0 Å². The largest absolute Gasteiger partial charge is 0.534 e. The topological polar surface area (TPSA) is 113 Å². The molecule has 1 heterocycles. The van der Waals surface area contributed by atoms with Crippen molar-refractivity contribution in [3.8, 4) is 11.5 Å². The molecule has 2 rings (SSSR count). The lowest BCUT2D eigenvalue weighted by Crippen LogP contribution is -2.30. The summed E-state index contributed by atoms with van der Waals surface area (Å²) in [5, 5.41) is 0. The minimum absolute atomic E-state index is 0.269. The summed E-state index contributed by atoms with van der Waals surface area (Å²) in [6.07, 6.45) is 0. The zero-order valence-corrected chi connectivity index (χ0v) is 13.4. The van der Waals surface area contributed by atoms with Gasteiger partial charge in [-0.3, -0.25) is 0 Å². The second-order valence-electron chi connectivity index (χ2n) is 4.02. The summed E-state index contributed by atoms with van der Waals surface area (Å²) in [5.41, 5.74) is -12.4. The molecule has 8 nitrogen and oxygen atoms in total. The fraction of sp³-hybridized carbons (Fsp3) is 0.250. The zero-order valence-electron chi connectivity index (χ0n) is 11.0. The molecular formula is C8H2F6N2O6S3. The Labute approximate surface area is 138 Å². The molecule has 0 bridgehead atoms. The normalized spacial score (nSPS) is 13.8. The first-order valence-corrected chi connectivity index (χ1v) is 8.96. The Kier molecular flexibility index (Phi) is 4.54. The number of aromatic nitrogens is 2. The molecule has 140 valence electrons. The molecule has 0 amide bonds. The molecule has 0 aliphatic carbocycles. The number of rotatable bonds is 4. The average Bonchev–Trinajstić information content (AvgIpc) is 2.82.